The maximum absolute atomic E-state index is 14.4. The van der Waals surface area contributed by atoms with E-state index < -0.39 is 48.3 Å². The van der Waals surface area contributed by atoms with Gasteiger partial charge in [0.25, 0.3) is 5.79 Å². The molecule has 1 fully saturated rings. The van der Waals surface area contributed by atoms with Crippen molar-refractivity contribution >= 4 is 0 Å². The van der Waals surface area contributed by atoms with E-state index in [1.54, 1.807) is 0 Å². The third kappa shape index (κ3) is 2.44. The van der Waals surface area contributed by atoms with Crippen LogP contribution in [0.1, 0.15) is 5.56 Å². The van der Waals surface area contributed by atoms with Crippen LogP contribution in [0.15, 0.2) is 30.3 Å². The predicted molar refractivity (Wildman–Crippen MR) is 65.3 cm³/mol. The smallest absolute Gasteiger partial charge is 0.328 e. The van der Waals surface area contributed by atoms with Crippen LogP contribution in [0.4, 0.5) is 8.78 Å². The van der Waals surface area contributed by atoms with Crippen LogP contribution in [-0.4, -0.2) is 62.3 Å². The van der Waals surface area contributed by atoms with E-state index in [0.29, 0.717) is 0 Å². The first-order chi connectivity index (χ1) is 9.75. The van der Waals surface area contributed by atoms with Crippen molar-refractivity contribution in [2.24, 2.45) is 0 Å². The van der Waals surface area contributed by atoms with E-state index in [9.17, 15) is 29.2 Å². The van der Waals surface area contributed by atoms with Crippen LogP contribution in [0.5, 0.6) is 0 Å². The molecule has 1 aliphatic rings. The average molecular weight is 306 g/mol. The molecule has 6 nitrogen and oxygen atoms in total. The summed E-state index contributed by atoms with van der Waals surface area (Å²) in [5.41, 5.74) is -0.627. The minimum absolute atomic E-state index is 0.627. The number of rotatable bonds is 4. The van der Waals surface area contributed by atoms with Gasteiger partial charge in [-0.05, 0) is 0 Å². The molecule has 0 radical (unpaired) electrons. The van der Waals surface area contributed by atoms with Gasteiger partial charge < -0.3 is 30.3 Å². The quantitative estimate of drug-likeness (QED) is 0.485. The van der Waals surface area contributed by atoms with Crippen LogP contribution in [0.2, 0.25) is 0 Å². The molecule has 1 aliphatic heterocycles. The molecule has 5 atom stereocenters. The number of ether oxygens (including phenoxy) is 1. The Morgan fingerprint density at radius 3 is 2.33 bits per heavy atom. The van der Waals surface area contributed by atoms with Crippen molar-refractivity contribution in [3.8, 4) is 0 Å². The van der Waals surface area contributed by atoms with Crippen molar-refractivity contribution < 1.29 is 39.1 Å². The lowest BCUT2D eigenvalue weighted by Crippen LogP contribution is -2.55. The summed E-state index contributed by atoms with van der Waals surface area (Å²) in [7, 11) is 0. The van der Waals surface area contributed by atoms with Crippen molar-refractivity contribution in [2.45, 2.75) is 36.1 Å². The molecule has 1 saturated heterocycles. The predicted octanol–water partition coefficient (Wildman–Crippen LogP) is -1.06. The molecule has 1 aromatic rings. The van der Waals surface area contributed by atoms with Gasteiger partial charge >= 0.3 is 5.92 Å². The fourth-order valence-electron chi connectivity index (χ4n) is 2.28. The summed E-state index contributed by atoms with van der Waals surface area (Å²) < 4.78 is 33.5. The molecular weight excluding hydrogens is 290 g/mol. The van der Waals surface area contributed by atoms with Crippen LogP contribution in [-0.2, 0) is 10.7 Å². The second kappa shape index (κ2) is 5.56. The van der Waals surface area contributed by atoms with Gasteiger partial charge in [-0.2, -0.15) is 8.78 Å². The first kappa shape index (κ1) is 16.2. The van der Waals surface area contributed by atoms with Gasteiger partial charge in [0.2, 0.25) is 0 Å². The topological polar surface area (TPSA) is 110 Å². The zero-order chi connectivity index (χ0) is 15.8. The van der Waals surface area contributed by atoms with Gasteiger partial charge in [-0.1, -0.05) is 30.3 Å². The van der Waals surface area contributed by atoms with E-state index in [0.717, 1.165) is 12.1 Å². The Hall–Kier alpha value is -1.16. The minimum Gasteiger partial charge on any atom is -0.394 e. The fourth-order valence-corrected chi connectivity index (χ4v) is 2.28. The first-order valence-corrected chi connectivity index (χ1v) is 6.24. The summed E-state index contributed by atoms with van der Waals surface area (Å²) in [6.45, 7) is -0.887. The fraction of sp³-hybridized carbons (Fsp3) is 0.538. The summed E-state index contributed by atoms with van der Waals surface area (Å²) in [6, 6.07) is 6.16. The van der Waals surface area contributed by atoms with Crippen molar-refractivity contribution in [1.29, 1.82) is 0 Å². The van der Waals surface area contributed by atoms with Crippen LogP contribution in [0.3, 0.4) is 0 Å². The van der Waals surface area contributed by atoms with Crippen molar-refractivity contribution in [1.82, 2.24) is 0 Å². The Labute approximate surface area is 118 Å². The number of halogens is 2. The number of benzene rings is 1. The molecule has 0 spiro atoms. The molecule has 118 valence electrons. The highest BCUT2D eigenvalue weighted by Gasteiger charge is 2.68. The number of hydrogen-bond acceptors (Lipinski definition) is 6. The SMILES string of the molecule is OC[C@@H](O)C1OC(O)(C(F)(F)c2ccccc2)C(O)C1O. The zero-order valence-corrected chi connectivity index (χ0v) is 10.8. The van der Waals surface area contributed by atoms with E-state index >= 15 is 0 Å². The summed E-state index contributed by atoms with van der Waals surface area (Å²) >= 11 is 0. The highest BCUT2D eigenvalue weighted by molar-refractivity contribution is 5.24. The molecule has 1 aromatic carbocycles. The third-order valence-corrected chi connectivity index (χ3v) is 3.53. The lowest BCUT2D eigenvalue weighted by atomic mass is 9.93. The Bertz CT molecular complexity index is 485. The number of hydrogen-bond donors (Lipinski definition) is 5. The normalized spacial score (nSPS) is 34.9. The maximum Gasteiger partial charge on any atom is 0.328 e. The van der Waals surface area contributed by atoms with Crippen LogP contribution < -0.4 is 0 Å². The van der Waals surface area contributed by atoms with E-state index in [4.69, 9.17) is 5.11 Å². The molecule has 1 heterocycles. The van der Waals surface area contributed by atoms with Gasteiger partial charge in [-0.3, -0.25) is 0 Å². The van der Waals surface area contributed by atoms with Crippen LogP contribution >= 0.6 is 0 Å². The summed E-state index contributed by atoms with van der Waals surface area (Å²) in [5.74, 6) is -7.47. The highest BCUT2D eigenvalue weighted by atomic mass is 19.3. The standard InChI is InChI=1S/C13H16F2O6/c14-12(15,7-4-2-1-3-5-7)13(20)11(19)9(18)10(21-13)8(17)6-16/h1-5,8-11,16-20H,6H2/t8-,9?,10?,11?,13?/m1/s1. The second-order valence-electron chi connectivity index (χ2n) is 4.90. The Balaban J connectivity index is 2.37. The average Bonchev–Trinajstić information content (AvgIpc) is 2.73. The van der Waals surface area contributed by atoms with Crippen LogP contribution in [0.25, 0.3) is 0 Å². The summed E-state index contributed by atoms with van der Waals surface area (Å²) in [5, 5.41) is 47.7. The highest BCUT2D eigenvalue weighted by Crippen LogP contribution is 2.47. The van der Waals surface area contributed by atoms with Gasteiger partial charge in [0, 0.05) is 5.56 Å². The number of aliphatic hydroxyl groups excluding tert-OH is 4. The number of alkyl halides is 2. The summed E-state index contributed by atoms with van der Waals surface area (Å²) in [6.07, 6.45) is -7.81. The number of aliphatic hydroxyl groups is 5. The summed E-state index contributed by atoms with van der Waals surface area (Å²) in [4.78, 5) is 0. The first-order valence-electron chi connectivity index (χ1n) is 6.24. The third-order valence-electron chi connectivity index (χ3n) is 3.53. The molecule has 0 bridgehead atoms. The molecule has 21 heavy (non-hydrogen) atoms. The van der Waals surface area contributed by atoms with E-state index in [-0.39, 0.29) is 0 Å². The van der Waals surface area contributed by atoms with Gasteiger partial charge in [-0.25, -0.2) is 0 Å². The lowest BCUT2D eigenvalue weighted by molar-refractivity contribution is -0.343. The van der Waals surface area contributed by atoms with Crippen molar-refractivity contribution in [3.05, 3.63) is 35.9 Å². The molecule has 0 saturated carbocycles. The second-order valence-corrected chi connectivity index (χ2v) is 4.90. The van der Waals surface area contributed by atoms with Gasteiger partial charge in [0.15, 0.2) is 0 Å². The molecule has 4 unspecified atom stereocenters. The molecule has 0 aromatic heterocycles. The van der Waals surface area contributed by atoms with Crippen LogP contribution in [0, 0.1) is 0 Å². The maximum atomic E-state index is 14.4. The molecule has 8 heteroatoms. The van der Waals surface area contributed by atoms with E-state index in [1.165, 1.54) is 18.2 Å². The Kier molecular flexibility index (Phi) is 4.29. The largest absolute Gasteiger partial charge is 0.394 e. The van der Waals surface area contributed by atoms with E-state index in [2.05, 4.69) is 4.74 Å². The zero-order valence-electron chi connectivity index (χ0n) is 10.8. The van der Waals surface area contributed by atoms with Crippen molar-refractivity contribution in [3.63, 3.8) is 0 Å². The molecule has 0 aliphatic carbocycles. The Morgan fingerprint density at radius 1 is 1.24 bits per heavy atom. The Morgan fingerprint density at radius 2 is 1.81 bits per heavy atom. The van der Waals surface area contributed by atoms with Gasteiger partial charge in [0.1, 0.15) is 24.4 Å². The molecule has 0 amide bonds. The molecule has 2 rings (SSSR count). The van der Waals surface area contributed by atoms with E-state index in [1.807, 2.05) is 0 Å². The van der Waals surface area contributed by atoms with Gasteiger partial charge in [0.05, 0.1) is 6.61 Å². The van der Waals surface area contributed by atoms with Crippen molar-refractivity contribution in [2.75, 3.05) is 6.61 Å². The molecular formula is C13H16F2O6. The molecule has 5 N–H and O–H groups in total. The monoisotopic (exact) mass is 306 g/mol. The minimum atomic E-state index is -4.04. The lowest BCUT2D eigenvalue weighted by Gasteiger charge is -2.34. The van der Waals surface area contributed by atoms with Gasteiger partial charge in [-0.15, -0.1) is 0 Å².